The first-order valence-corrected chi connectivity index (χ1v) is 12.7. The molecule has 0 radical (unpaired) electrons. The van der Waals surface area contributed by atoms with Gasteiger partial charge in [0.2, 0.25) is 10.0 Å². The molecule has 11 heteroatoms. The van der Waals surface area contributed by atoms with E-state index in [-0.39, 0.29) is 11.8 Å². The van der Waals surface area contributed by atoms with Crippen molar-refractivity contribution in [2.75, 3.05) is 33.9 Å². The predicted octanol–water partition coefficient (Wildman–Crippen LogP) is 1.87. The topological polar surface area (TPSA) is 107 Å². The molecule has 0 saturated carbocycles. The maximum absolute atomic E-state index is 13.2. The number of piperidine rings is 1. The smallest absolute Gasteiger partial charge is 0.258 e. The molecule has 180 valence electrons. The SMILES string of the molecule is COc1ccc(C(=O)N2CCn3c(nnc3C3CCN(S(=O)(=O)C(C)C)CC3)C2)c(OC)c1. The number of ether oxygens (including phenoxy) is 2. The van der Waals surface area contributed by atoms with Crippen LogP contribution in [0.1, 0.15) is 54.6 Å². The van der Waals surface area contributed by atoms with Crippen molar-refractivity contribution < 1.29 is 22.7 Å². The van der Waals surface area contributed by atoms with Gasteiger partial charge in [0.15, 0.2) is 5.82 Å². The fourth-order valence-electron chi connectivity index (χ4n) is 4.47. The van der Waals surface area contributed by atoms with Gasteiger partial charge in [-0.05, 0) is 38.8 Å². The van der Waals surface area contributed by atoms with Crippen molar-refractivity contribution in [3.05, 3.63) is 35.4 Å². The summed E-state index contributed by atoms with van der Waals surface area (Å²) in [4.78, 5) is 14.9. The zero-order valence-corrected chi connectivity index (χ0v) is 20.3. The lowest BCUT2D eigenvalue weighted by Crippen LogP contribution is -2.42. The Hall–Kier alpha value is -2.66. The van der Waals surface area contributed by atoms with Crippen molar-refractivity contribution in [2.24, 2.45) is 0 Å². The molecule has 0 aliphatic carbocycles. The first-order chi connectivity index (χ1) is 15.8. The van der Waals surface area contributed by atoms with Crippen LogP contribution >= 0.6 is 0 Å². The number of carbonyl (C=O) groups excluding carboxylic acids is 1. The summed E-state index contributed by atoms with van der Waals surface area (Å²) in [6.45, 7) is 5.92. The van der Waals surface area contributed by atoms with Gasteiger partial charge in [-0.2, -0.15) is 0 Å². The Bertz CT molecular complexity index is 1120. The Morgan fingerprint density at radius 1 is 1.06 bits per heavy atom. The first kappa shape index (κ1) is 23.5. The Morgan fingerprint density at radius 2 is 1.79 bits per heavy atom. The van der Waals surface area contributed by atoms with E-state index in [2.05, 4.69) is 14.8 Å². The van der Waals surface area contributed by atoms with Gasteiger partial charge in [-0.1, -0.05) is 0 Å². The summed E-state index contributed by atoms with van der Waals surface area (Å²) in [6, 6.07) is 5.15. The van der Waals surface area contributed by atoms with E-state index in [1.54, 1.807) is 48.4 Å². The van der Waals surface area contributed by atoms with E-state index >= 15 is 0 Å². The summed E-state index contributed by atoms with van der Waals surface area (Å²) in [5.41, 5.74) is 0.477. The normalized spacial score (nSPS) is 17.8. The number of methoxy groups -OCH3 is 2. The van der Waals surface area contributed by atoms with Crippen LogP contribution in [0.25, 0.3) is 0 Å². The summed E-state index contributed by atoms with van der Waals surface area (Å²) in [7, 11) is -0.137. The van der Waals surface area contributed by atoms with Gasteiger partial charge in [-0.3, -0.25) is 4.79 Å². The number of hydrogen-bond donors (Lipinski definition) is 0. The minimum absolute atomic E-state index is 0.127. The van der Waals surface area contributed by atoms with E-state index in [1.165, 1.54) is 7.11 Å². The maximum atomic E-state index is 13.2. The van der Waals surface area contributed by atoms with E-state index in [1.807, 2.05) is 0 Å². The average Bonchev–Trinajstić information content (AvgIpc) is 3.26. The molecule has 0 spiro atoms. The minimum Gasteiger partial charge on any atom is -0.497 e. The molecule has 2 aliphatic rings. The monoisotopic (exact) mass is 477 g/mol. The maximum Gasteiger partial charge on any atom is 0.258 e. The molecule has 33 heavy (non-hydrogen) atoms. The minimum atomic E-state index is -3.23. The molecule has 1 aromatic carbocycles. The van der Waals surface area contributed by atoms with Gasteiger partial charge in [-0.25, -0.2) is 12.7 Å². The van der Waals surface area contributed by atoms with Crippen LogP contribution in [0.2, 0.25) is 0 Å². The highest BCUT2D eigenvalue weighted by Gasteiger charge is 2.34. The van der Waals surface area contributed by atoms with Crippen molar-refractivity contribution in [1.82, 2.24) is 24.0 Å². The highest BCUT2D eigenvalue weighted by molar-refractivity contribution is 7.89. The number of hydrogen-bond acceptors (Lipinski definition) is 7. The molecule has 0 atom stereocenters. The highest BCUT2D eigenvalue weighted by atomic mass is 32.2. The molecule has 0 N–H and O–H groups in total. The molecule has 1 amide bonds. The van der Waals surface area contributed by atoms with Crippen molar-refractivity contribution in [2.45, 2.75) is 50.9 Å². The number of nitrogens with zero attached hydrogens (tertiary/aromatic N) is 5. The van der Waals surface area contributed by atoms with Crippen LogP contribution in [0.4, 0.5) is 0 Å². The molecule has 3 heterocycles. The van der Waals surface area contributed by atoms with Crippen molar-refractivity contribution >= 4 is 15.9 Å². The van der Waals surface area contributed by atoms with Crippen molar-refractivity contribution in [1.29, 1.82) is 0 Å². The fraction of sp³-hybridized carbons (Fsp3) is 0.591. The molecule has 0 unspecified atom stereocenters. The molecule has 1 fully saturated rings. The molecular formula is C22H31N5O5S. The zero-order valence-electron chi connectivity index (χ0n) is 19.5. The Labute approximate surface area is 194 Å². The summed E-state index contributed by atoms with van der Waals surface area (Å²) in [6.07, 6.45) is 1.44. The molecule has 2 aromatic rings. The predicted molar refractivity (Wildman–Crippen MR) is 122 cm³/mol. The second-order valence-electron chi connectivity index (χ2n) is 8.69. The highest BCUT2D eigenvalue weighted by Crippen LogP contribution is 2.31. The second kappa shape index (κ2) is 9.30. The van der Waals surface area contributed by atoms with E-state index in [4.69, 9.17) is 9.47 Å². The van der Waals surface area contributed by atoms with Crippen molar-refractivity contribution in [3.63, 3.8) is 0 Å². The third-order valence-electron chi connectivity index (χ3n) is 6.48. The van der Waals surface area contributed by atoms with E-state index in [9.17, 15) is 13.2 Å². The quantitative estimate of drug-likeness (QED) is 0.625. The van der Waals surface area contributed by atoms with E-state index in [0.717, 1.165) is 24.5 Å². The number of aromatic nitrogens is 3. The van der Waals surface area contributed by atoms with E-state index < -0.39 is 15.3 Å². The number of carbonyl (C=O) groups is 1. The van der Waals surface area contributed by atoms with Gasteiger partial charge in [-0.15, -0.1) is 10.2 Å². The number of amides is 1. The van der Waals surface area contributed by atoms with Crippen LogP contribution in [0, 0.1) is 0 Å². The van der Waals surface area contributed by atoms with Crippen LogP contribution in [0.15, 0.2) is 18.2 Å². The molecule has 4 rings (SSSR count). The summed E-state index contributed by atoms with van der Waals surface area (Å²) < 4.78 is 39.2. The number of benzene rings is 1. The summed E-state index contributed by atoms with van der Waals surface area (Å²) >= 11 is 0. The number of sulfonamides is 1. The Balaban J connectivity index is 1.45. The van der Waals surface area contributed by atoms with Crippen LogP contribution < -0.4 is 9.47 Å². The zero-order chi connectivity index (χ0) is 23.8. The first-order valence-electron chi connectivity index (χ1n) is 11.2. The van der Waals surface area contributed by atoms with Gasteiger partial charge >= 0.3 is 0 Å². The Kier molecular flexibility index (Phi) is 6.62. The molecule has 1 saturated heterocycles. The van der Waals surface area contributed by atoms with Gasteiger partial charge in [0.25, 0.3) is 5.91 Å². The lowest BCUT2D eigenvalue weighted by atomic mass is 9.97. The number of fused-ring (bicyclic) bond motifs is 1. The average molecular weight is 478 g/mol. The van der Waals surface area contributed by atoms with Gasteiger partial charge in [0.05, 0.1) is 31.6 Å². The Morgan fingerprint density at radius 3 is 2.42 bits per heavy atom. The van der Waals surface area contributed by atoms with Crippen LogP contribution in [-0.2, 0) is 23.1 Å². The van der Waals surface area contributed by atoms with Gasteiger partial charge in [0, 0.05) is 38.2 Å². The van der Waals surface area contributed by atoms with Crippen LogP contribution in [0.3, 0.4) is 0 Å². The lowest BCUT2D eigenvalue weighted by Gasteiger charge is -2.33. The van der Waals surface area contributed by atoms with Gasteiger partial charge in [0.1, 0.15) is 17.3 Å². The summed E-state index contributed by atoms with van der Waals surface area (Å²) in [5.74, 6) is 2.76. The molecule has 0 bridgehead atoms. The standard InChI is InChI=1S/C22H31N5O5S/c1-15(2)33(29,30)26-9-7-16(8-10-26)21-24-23-20-14-25(11-12-27(20)21)22(28)18-6-5-17(31-3)13-19(18)32-4/h5-6,13,15-16H,7-12,14H2,1-4H3. The molecule has 1 aromatic heterocycles. The van der Waals surface area contributed by atoms with Crippen LogP contribution in [-0.4, -0.2) is 77.4 Å². The largest absolute Gasteiger partial charge is 0.497 e. The van der Waals surface area contributed by atoms with Crippen LogP contribution in [0.5, 0.6) is 11.5 Å². The molecule has 2 aliphatic heterocycles. The fourth-order valence-corrected chi connectivity index (χ4v) is 5.78. The number of rotatable bonds is 6. The van der Waals surface area contributed by atoms with E-state index in [0.29, 0.717) is 49.8 Å². The third kappa shape index (κ3) is 4.43. The van der Waals surface area contributed by atoms with Gasteiger partial charge < -0.3 is 18.9 Å². The summed E-state index contributed by atoms with van der Waals surface area (Å²) in [5, 5.41) is 8.38. The third-order valence-corrected chi connectivity index (χ3v) is 8.76. The second-order valence-corrected chi connectivity index (χ2v) is 11.2. The van der Waals surface area contributed by atoms with Crippen molar-refractivity contribution in [3.8, 4) is 11.5 Å². The lowest BCUT2D eigenvalue weighted by molar-refractivity contribution is 0.0702. The molecular weight excluding hydrogens is 446 g/mol. The molecule has 10 nitrogen and oxygen atoms in total.